The van der Waals surface area contributed by atoms with Gasteiger partial charge in [0.2, 0.25) is 0 Å². The number of hydrogen-bond donors (Lipinski definition) is 1. The molecule has 1 N–H and O–H groups in total. The molecular weight excluding hydrogens is 213 g/mol. The van der Waals surface area contributed by atoms with E-state index in [-0.39, 0.29) is 5.56 Å². The van der Waals surface area contributed by atoms with Crippen LogP contribution in [0.2, 0.25) is 0 Å². The lowest BCUT2D eigenvalue weighted by atomic mass is 10.1. The van der Waals surface area contributed by atoms with Crippen molar-refractivity contribution in [2.75, 3.05) is 0 Å². The van der Waals surface area contributed by atoms with Gasteiger partial charge in [0, 0.05) is 0 Å². The first-order valence-electron chi connectivity index (χ1n) is 3.88. The van der Waals surface area contributed by atoms with Crippen LogP contribution >= 0.6 is 0 Å². The summed E-state index contributed by atoms with van der Waals surface area (Å²) < 4.78 is 39.1. The Bertz CT molecular complexity index is 385. The van der Waals surface area contributed by atoms with Crippen LogP contribution in [0.3, 0.4) is 0 Å². The Morgan fingerprint density at radius 1 is 1.33 bits per heavy atom. The number of halogens is 3. The van der Waals surface area contributed by atoms with E-state index in [4.69, 9.17) is 5.11 Å². The molecule has 0 aliphatic carbocycles. The highest BCUT2D eigenvalue weighted by Gasteiger charge is 2.31. The molecule has 0 atom stereocenters. The number of carbonyl (C=O) groups is 1. The van der Waals surface area contributed by atoms with Crippen LogP contribution in [0.5, 0.6) is 5.75 Å². The molecule has 1 rings (SSSR count). The van der Waals surface area contributed by atoms with Crippen LogP contribution in [-0.2, 0) is 0 Å². The Balaban J connectivity index is 3.04. The average Bonchev–Trinajstić information content (AvgIpc) is 1.99. The van der Waals surface area contributed by atoms with E-state index in [1.165, 1.54) is 13.0 Å². The van der Waals surface area contributed by atoms with E-state index in [1.54, 1.807) is 0 Å². The van der Waals surface area contributed by atoms with Gasteiger partial charge in [-0.15, -0.1) is 13.2 Å². The number of aromatic carboxylic acids is 1. The molecule has 0 saturated heterocycles. The molecule has 0 radical (unpaired) electrons. The molecule has 6 heteroatoms. The highest BCUT2D eigenvalue weighted by atomic mass is 19.4. The third kappa shape index (κ3) is 3.49. The zero-order valence-corrected chi connectivity index (χ0v) is 7.63. The molecule has 0 unspecified atom stereocenters. The molecular formula is C9H7F3O3. The van der Waals surface area contributed by atoms with Crippen molar-refractivity contribution in [2.45, 2.75) is 13.3 Å². The zero-order chi connectivity index (χ0) is 11.6. The van der Waals surface area contributed by atoms with E-state index in [2.05, 4.69) is 4.74 Å². The van der Waals surface area contributed by atoms with E-state index in [0.29, 0.717) is 5.56 Å². The maximum Gasteiger partial charge on any atom is 0.573 e. The topological polar surface area (TPSA) is 46.5 Å². The second-order valence-corrected chi connectivity index (χ2v) is 2.89. The molecule has 82 valence electrons. The van der Waals surface area contributed by atoms with Gasteiger partial charge in [0.25, 0.3) is 0 Å². The van der Waals surface area contributed by atoms with E-state index in [9.17, 15) is 18.0 Å². The third-order valence-electron chi connectivity index (χ3n) is 1.53. The molecule has 0 bridgehead atoms. The van der Waals surface area contributed by atoms with Crippen LogP contribution in [0, 0.1) is 6.92 Å². The monoisotopic (exact) mass is 220 g/mol. The zero-order valence-electron chi connectivity index (χ0n) is 7.63. The van der Waals surface area contributed by atoms with Gasteiger partial charge in [-0.2, -0.15) is 0 Å². The van der Waals surface area contributed by atoms with Crippen molar-refractivity contribution >= 4 is 5.97 Å². The smallest absolute Gasteiger partial charge is 0.478 e. The number of hydrogen-bond acceptors (Lipinski definition) is 2. The summed E-state index contributed by atoms with van der Waals surface area (Å²) in [7, 11) is 0. The summed E-state index contributed by atoms with van der Waals surface area (Å²) in [5.74, 6) is -1.83. The summed E-state index contributed by atoms with van der Waals surface area (Å²) in [6, 6.07) is 3.19. The van der Waals surface area contributed by atoms with Crippen molar-refractivity contribution in [1.29, 1.82) is 0 Å². The van der Waals surface area contributed by atoms with Gasteiger partial charge in [0.15, 0.2) is 0 Å². The lowest BCUT2D eigenvalue weighted by molar-refractivity contribution is -0.274. The SMILES string of the molecule is Cc1cc(OC(F)(F)F)cc(C(=O)O)c1. The number of alkyl halides is 3. The third-order valence-corrected chi connectivity index (χ3v) is 1.53. The molecule has 0 aromatic heterocycles. The largest absolute Gasteiger partial charge is 0.573 e. The summed E-state index contributed by atoms with van der Waals surface area (Å²) in [5, 5.41) is 8.60. The molecule has 1 aromatic carbocycles. The second-order valence-electron chi connectivity index (χ2n) is 2.89. The van der Waals surface area contributed by atoms with E-state index in [0.717, 1.165) is 12.1 Å². The quantitative estimate of drug-likeness (QED) is 0.833. The van der Waals surface area contributed by atoms with Gasteiger partial charge in [0.1, 0.15) is 5.75 Å². The van der Waals surface area contributed by atoms with Crippen LogP contribution in [0.25, 0.3) is 0 Å². The maximum atomic E-state index is 11.8. The fourth-order valence-electron chi connectivity index (χ4n) is 1.06. The molecule has 0 aliphatic heterocycles. The second kappa shape index (κ2) is 3.80. The van der Waals surface area contributed by atoms with Crippen molar-refractivity contribution in [1.82, 2.24) is 0 Å². The number of rotatable bonds is 2. The van der Waals surface area contributed by atoms with Crippen molar-refractivity contribution in [3.63, 3.8) is 0 Å². The highest BCUT2D eigenvalue weighted by molar-refractivity contribution is 5.88. The highest BCUT2D eigenvalue weighted by Crippen LogP contribution is 2.24. The fraction of sp³-hybridized carbons (Fsp3) is 0.222. The van der Waals surface area contributed by atoms with Crippen molar-refractivity contribution in [3.8, 4) is 5.75 Å². The summed E-state index contributed by atoms with van der Waals surface area (Å²) in [5.41, 5.74) is 0.142. The number of carboxylic acids is 1. The van der Waals surface area contributed by atoms with Gasteiger partial charge in [-0.25, -0.2) is 4.79 Å². The van der Waals surface area contributed by atoms with Gasteiger partial charge in [0.05, 0.1) is 5.56 Å². The van der Waals surface area contributed by atoms with E-state index in [1.807, 2.05) is 0 Å². The molecule has 0 aliphatic rings. The van der Waals surface area contributed by atoms with Crippen LogP contribution in [-0.4, -0.2) is 17.4 Å². The van der Waals surface area contributed by atoms with Crippen molar-refractivity contribution in [3.05, 3.63) is 29.3 Å². The first kappa shape index (κ1) is 11.4. The molecule has 1 aromatic rings. The predicted molar refractivity (Wildman–Crippen MR) is 44.8 cm³/mol. The molecule has 3 nitrogen and oxygen atoms in total. The van der Waals surface area contributed by atoms with Crippen LogP contribution in [0.15, 0.2) is 18.2 Å². The van der Waals surface area contributed by atoms with Gasteiger partial charge < -0.3 is 9.84 Å². The van der Waals surface area contributed by atoms with Crippen molar-refractivity contribution in [2.24, 2.45) is 0 Å². The first-order chi connectivity index (χ1) is 6.78. The van der Waals surface area contributed by atoms with Gasteiger partial charge in [-0.1, -0.05) is 0 Å². The number of carboxylic acid groups (broad SMARTS) is 1. The minimum atomic E-state index is -4.82. The minimum absolute atomic E-state index is 0.241. The Morgan fingerprint density at radius 2 is 1.93 bits per heavy atom. The first-order valence-corrected chi connectivity index (χ1v) is 3.88. The number of benzene rings is 1. The van der Waals surface area contributed by atoms with Gasteiger partial charge >= 0.3 is 12.3 Å². The lowest BCUT2D eigenvalue weighted by Gasteiger charge is -2.09. The van der Waals surface area contributed by atoms with Crippen LogP contribution in [0.1, 0.15) is 15.9 Å². The van der Waals surface area contributed by atoms with Crippen LogP contribution in [0.4, 0.5) is 13.2 Å². The Labute approximate surface area is 83.1 Å². The fourth-order valence-corrected chi connectivity index (χ4v) is 1.06. The van der Waals surface area contributed by atoms with Gasteiger partial charge in [-0.3, -0.25) is 0 Å². The lowest BCUT2D eigenvalue weighted by Crippen LogP contribution is -2.17. The maximum absolute atomic E-state index is 11.8. The Kier molecular flexibility index (Phi) is 2.88. The summed E-state index contributed by atoms with van der Waals surface area (Å²) >= 11 is 0. The minimum Gasteiger partial charge on any atom is -0.478 e. The summed E-state index contributed by atoms with van der Waals surface area (Å²) in [4.78, 5) is 10.5. The Morgan fingerprint density at radius 3 is 2.40 bits per heavy atom. The molecule has 0 fully saturated rings. The standard InChI is InChI=1S/C9H7F3O3/c1-5-2-6(8(13)14)4-7(3-5)15-9(10,11)12/h2-4H,1H3,(H,13,14). The Hall–Kier alpha value is -1.72. The average molecular weight is 220 g/mol. The van der Waals surface area contributed by atoms with Crippen LogP contribution < -0.4 is 4.74 Å². The number of ether oxygens (including phenoxy) is 1. The summed E-state index contributed by atoms with van der Waals surface area (Å²) in [6.07, 6.45) is -4.82. The van der Waals surface area contributed by atoms with E-state index < -0.39 is 18.1 Å². The normalized spacial score (nSPS) is 11.2. The molecule has 0 spiro atoms. The summed E-state index contributed by atoms with van der Waals surface area (Å²) in [6.45, 7) is 1.48. The van der Waals surface area contributed by atoms with Crippen molar-refractivity contribution < 1.29 is 27.8 Å². The van der Waals surface area contributed by atoms with E-state index >= 15 is 0 Å². The molecule has 0 amide bonds. The number of aryl methyl sites for hydroxylation is 1. The van der Waals surface area contributed by atoms with Gasteiger partial charge in [-0.05, 0) is 30.7 Å². The molecule has 15 heavy (non-hydrogen) atoms. The molecule has 0 saturated carbocycles. The predicted octanol–water partition coefficient (Wildman–Crippen LogP) is 2.59. The molecule has 0 heterocycles.